The summed E-state index contributed by atoms with van der Waals surface area (Å²) in [5, 5.41) is 9.53. The minimum absolute atomic E-state index is 0.218. The van der Waals surface area contributed by atoms with Crippen molar-refractivity contribution in [2.75, 3.05) is 27.3 Å². The predicted octanol–water partition coefficient (Wildman–Crippen LogP) is 2.47. The van der Waals surface area contributed by atoms with Crippen LogP contribution in [0, 0.1) is 6.92 Å². The molecule has 1 rings (SSSR count). The molecule has 0 unspecified atom stereocenters. The molecular formula is C13H20ClNO2. The van der Waals surface area contributed by atoms with Crippen LogP contribution < -0.4 is 4.74 Å². The summed E-state index contributed by atoms with van der Waals surface area (Å²) in [5.74, 6) is 0.894. The lowest BCUT2D eigenvalue weighted by Crippen LogP contribution is -2.20. The van der Waals surface area contributed by atoms with Gasteiger partial charge in [0.15, 0.2) is 0 Å². The summed E-state index contributed by atoms with van der Waals surface area (Å²) < 4.78 is 5.40. The van der Waals surface area contributed by atoms with E-state index in [1.807, 2.05) is 26.1 Å². The third-order valence-electron chi connectivity index (χ3n) is 2.66. The minimum atomic E-state index is 0.218. The molecule has 96 valence electrons. The van der Waals surface area contributed by atoms with Crippen LogP contribution in [-0.2, 0) is 6.54 Å². The first-order valence-electron chi connectivity index (χ1n) is 5.71. The number of rotatable bonds is 6. The van der Waals surface area contributed by atoms with Gasteiger partial charge >= 0.3 is 0 Å². The van der Waals surface area contributed by atoms with Crippen LogP contribution in [0.2, 0.25) is 5.02 Å². The Hall–Kier alpha value is -0.770. The molecule has 0 atom stereocenters. The number of nitrogens with zero attached hydrogens (tertiary/aromatic N) is 1. The largest absolute Gasteiger partial charge is 0.496 e. The molecule has 0 aliphatic carbocycles. The second-order valence-electron chi connectivity index (χ2n) is 4.23. The topological polar surface area (TPSA) is 32.7 Å². The standard InChI is InChI=1S/C13H20ClNO2/c1-10-7-12(14)8-11(13(10)17-3)9-15(2)5-4-6-16/h7-8,16H,4-6,9H2,1-3H3. The molecule has 0 spiro atoms. The highest BCUT2D eigenvalue weighted by Crippen LogP contribution is 2.28. The second-order valence-corrected chi connectivity index (χ2v) is 4.67. The van der Waals surface area contributed by atoms with Gasteiger partial charge in [0, 0.05) is 30.3 Å². The first kappa shape index (κ1) is 14.3. The molecule has 1 aromatic rings. The normalized spacial score (nSPS) is 10.9. The fraction of sp³-hybridized carbons (Fsp3) is 0.538. The third-order valence-corrected chi connectivity index (χ3v) is 2.88. The number of halogens is 1. The van der Waals surface area contributed by atoms with Gasteiger partial charge in [-0.3, -0.25) is 0 Å². The Labute approximate surface area is 108 Å². The van der Waals surface area contributed by atoms with Crippen molar-refractivity contribution in [1.82, 2.24) is 4.90 Å². The van der Waals surface area contributed by atoms with E-state index in [1.165, 1.54) is 0 Å². The first-order chi connectivity index (χ1) is 8.08. The highest BCUT2D eigenvalue weighted by atomic mass is 35.5. The lowest BCUT2D eigenvalue weighted by atomic mass is 10.1. The van der Waals surface area contributed by atoms with Crippen LogP contribution in [0.4, 0.5) is 0 Å². The van der Waals surface area contributed by atoms with Crippen molar-refractivity contribution in [1.29, 1.82) is 0 Å². The van der Waals surface area contributed by atoms with Crippen LogP contribution in [0.3, 0.4) is 0 Å². The van der Waals surface area contributed by atoms with Crippen molar-refractivity contribution < 1.29 is 9.84 Å². The monoisotopic (exact) mass is 257 g/mol. The maximum Gasteiger partial charge on any atom is 0.126 e. The van der Waals surface area contributed by atoms with Crippen molar-refractivity contribution in [2.24, 2.45) is 0 Å². The molecule has 0 amide bonds. The number of hydrogen-bond donors (Lipinski definition) is 1. The van der Waals surface area contributed by atoms with Gasteiger partial charge in [0.2, 0.25) is 0 Å². The van der Waals surface area contributed by atoms with Gasteiger partial charge in [-0.25, -0.2) is 0 Å². The van der Waals surface area contributed by atoms with Crippen LogP contribution in [0.1, 0.15) is 17.5 Å². The van der Waals surface area contributed by atoms with Gasteiger partial charge in [-0.05, 0) is 38.1 Å². The predicted molar refractivity (Wildman–Crippen MR) is 70.8 cm³/mol. The van der Waals surface area contributed by atoms with Crippen molar-refractivity contribution in [3.8, 4) is 5.75 Å². The molecule has 3 nitrogen and oxygen atoms in total. The molecular weight excluding hydrogens is 238 g/mol. The summed E-state index contributed by atoms with van der Waals surface area (Å²) in [6.07, 6.45) is 0.776. The molecule has 0 radical (unpaired) electrons. The minimum Gasteiger partial charge on any atom is -0.496 e. The Balaban J connectivity index is 2.81. The summed E-state index contributed by atoms with van der Waals surface area (Å²) >= 11 is 6.05. The first-order valence-corrected chi connectivity index (χ1v) is 6.08. The van der Waals surface area contributed by atoms with E-state index in [4.69, 9.17) is 21.4 Å². The molecule has 0 heterocycles. The molecule has 0 aliphatic rings. The average molecular weight is 258 g/mol. The molecule has 4 heteroatoms. The van der Waals surface area contributed by atoms with E-state index in [2.05, 4.69) is 4.90 Å². The number of aryl methyl sites for hydroxylation is 1. The molecule has 0 fully saturated rings. The zero-order chi connectivity index (χ0) is 12.8. The number of hydrogen-bond acceptors (Lipinski definition) is 3. The van der Waals surface area contributed by atoms with Gasteiger partial charge in [0.25, 0.3) is 0 Å². The van der Waals surface area contributed by atoms with Gasteiger partial charge in [0.1, 0.15) is 5.75 Å². The molecule has 1 N–H and O–H groups in total. The summed E-state index contributed by atoms with van der Waals surface area (Å²) in [6, 6.07) is 3.83. The van der Waals surface area contributed by atoms with Crippen molar-refractivity contribution in [3.05, 3.63) is 28.3 Å². The quantitative estimate of drug-likeness (QED) is 0.850. The lowest BCUT2D eigenvalue weighted by Gasteiger charge is -2.19. The van der Waals surface area contributed by atoms with Crippen LogP contribution in [0.15, 0.2) is 12.1 Å². The van der Waals surface area contributed by atoms with E-state index >= 15 is 0 Å². The molecule has 17 heavy (non-hydrogen) atoms. The van der Waals surface area contributed by atoms with Gasteiger partial charge in [-0.2, -0.15) is 0 Å². The number of aliphatic hydroxyl groups is 1. The van der Waals surface area contributed by atoms with Crippen LogP contribution >= 0.6 is 11.6 Å². The number of benzene rings is 1. The van der Waals surface area contributed by atoms with Gasteiger partial charge in [-0.15, -0.1) is 0 Å². The maximum atomic E-state index is 8.80. The fourth-order valence-electron chi connectivity index (χ4n) is 1.92. The highest BCUT2D eigenvalue weighted by Gasteiger charge is 2.10. The molecule has 0 bridgehead atoms. The average Bonchev–Trinajstić information content (AvgIpc) is 2.25. The second kappa shape index (κ2) is 6.84. The van der Waals surface area contributed by atoms with Crippen LogP contribution in [0.25, 0.3) is 0 Å². The zero-order valence-electron chi connectivity index (χ0n) is 10.7. The highest BCUT2D eigenvalue weighted by molar-refractivity contribution is 6.30. The van der Waals surface area contributed by atoms with Crippen molar-refractivity contribution >= 4 is 11.6 Å². The van der Waals surface area contributed by atoms with Gasteiger partial charge < -0.3 is 14.7 Å². The number of methoxy groups -OCH3 is 1. The van der Waals surface area contributed by atoms with Gasteiger partial charge in [0.05, 0.1) is 7.11 Å². The third kappa shape index (κ3) is 4.19. The number of ether oxygens (including phenoxy) is 1. The summed E-state index contributed by atoms with van der Waals surface area (Å²) in [4.78, 5) is 2.14. The Morgan fingerprint density at radius 3 is 2.71 bits per heavy atom. The fourth-order valence-corrected chi connectivity index (χ4v) is 2.21. The summed E-state index contributed by atoms with van der Waals surface area (Å²) in [6.45, 7) is 3.83. The van der Waals surface area contributed by atoms with E-state index in [-0.39, 0.29) is 6.61 Å². The van der Waals surface area contributed by atoms with E-state index < -0.39 is 0 Å². The van der Waals surface area contributed by atoms with Gasteiger partial charge in [-0.1, -0.05) is 11.6 Å². The van der Waals surface area contributed by atoms with E-state index in [0.717, 1.165) is 41.4 Å². The van der Waals surface area contributed by atoms with Crippen LogP contribution in [-0.4, -0.2) is 37.3 Å². The van der Waals surface area contributed by atoms with Crippen molar-refractivity contribution in [2.45, 2.75) is 19.9 Å². The van der Waals surface area contributed by atoms with E-state index in [0.29, 0.717) is 0 Å². The number of aliphatic hydroxyl groups excluding tert-OH is 1. The molecule has 0 saturated carbocycles. The summed E-state index contributed by atoms with van der Waals surface area (Å²) in [5.41, 5.74) is 2.13. The Morgan fingerprint density at radius 1 is 1.41 bits per heavy atom. The van der Waals surface area contributed by atoms with Crippen molar-refractivity contribution in [3.63, 3.8) is 0 Å². The molecule has 0 aromatic heterocycles. The lowest BCUT2D eigenvalue weighted by molar-refractivity contribution is 0.242. The molecule has 0 saturated heterocycles. The Kier molecular flexibility index (Phi) is 5.75. The Morgan fingerprint density at radius 2 is 2.12 bits per heavy atom. The summed E-state index contributed by atoms with van der Waals surface area (Å²) in [7, 11) is 3.69. The Bertz CT molecular complexity index is 369. The van der Waals surface area contributed by atoms with E-state index in [9.17, 15) is 0 Å². The van der Waals surface area contributed by atoms with E-state index in [1.54, 1.807) is 7.11 Å². The SMILES string of the molecule is COc1c(C)cc(Cl)cc1CN(C)CCCO. The zero-order valence-corrected chi connectivity index (χ0v) is 11.4. The molecule has 1 aromatic carbocycles. The smallest absolute Gasteiger partial charge is 0.126 e. The van der Waals surface area contributed by atoms with Crippen LogP contribution in [0.5, 0.6) is 5.75 Å². The maximum absolute atomic E-state index is 8.80. The molecule has 0 aliphatic heterocycles.